The highest BCUT2D eigenvalue weighted by Gasteiger charge is 2.37. The Morgan fingerprint density at radius 1 is 0.435 bits per heavy atom. The van der Waals surface area contributed by atoms with Crippen LogP contribution in [-0.4, -0.2) is 269 Å². The smallest absolute Gasteiger partial charge is 0.326 e. The number of thiol groups is 1. The van der Waals surface area contributed by atoms with Gasteiger partial charge in [0.2, 0.25) is 82.7 Å². The van der Waals surface area contributed by atoms with Gasteiger partial charge in [0.25, 0.3) is 0 Å². The predicted molar refractivity (Wildman–Crippen MR) is 322 cm³/mol. The number of carbonyl (C=O) groups excluding carboxylic acids is 14. The van der Waals surface area contributed by atoms with E-state index in [-0.39, 0.29) is 25.1 Å². The standard InChI is InChI=1S/C53H86N16O22S/c1-4-26(2)42(51(88)64-29(53(90)91)12-8-9-13-54)68-52(89)43(27(3)75)69-50(87)35(24-74)67-49(86)34(23-73)66-48(85)33(22-72)61-39(78)17-56-38(77)16-57-45(82)31(20-70)65-47(84)32(21-71)62-41(80)19-58-44(81)30(14-28-10-6-5-7-11-28)60-40(79)18-59-46(83)36(25-92)63-37(76)15-55/h5-7,10-11,26-27,29-36,42-43,70-75,92H,4,8-9,12-25,54-55H2,1-3H3,(H,56,77)(H,57,82)(H,58,81)(H,59,83)(H,60,79)(H,61,78)(H,62,80)(H,63,76)(H,64,88)(H,65,84)(H,66,85)(H,67,86)(H,68,89)(H,69,87)(H,90,91)/t26-,27+,29-,30-,31-,32-,33-,34-,35-,36-,42-,43-/m0/s1. The molecule has 1 aromatic carbocycles. The molecule has 14 amide bonds. The second kappa shape index (κ2) is 43.9. The maximum absolute atomic E-state index is 13.5. The molecule has 0 aromatic heterocycles. The number of aliphatic hydroxyl groups excluding tert-OH is 6. The number of carbonyl (C=O) groups is 15. The molecule has 25 N–H and O–H groups in total. The van der Waals surface area contributed by atoms with Crippen LogP contribution in [-0.2, 0) is 78.3 Å². The van der Waals surface area contributed by atoms with Gasteiger partial charge in [-0.15, -0.1) is 0 Å². The Balaban J connectivity index is 2.83. The molecule has 1 rings (SSSR count). The number of benzene rings is 1. The van der Waals surface area contributed by atoms with Crippen LogP contribution < -0.4 is 85.9 Å². The molecule has 0 saturated carbocycles. The fourth-order valence-electron chi connectivity index (χ4n) is 7.76. The highest BCUT2D eigenvalue weighted by Crippen LogP contribution is 2.12. The SMILES string of the molecule is CC[C@H](C)[C@H](NC(=O)[C@@H](NC(=O)[C@H](CO)NC(=O)[C@H](CO)NC(=O)[C@H](CO)NC(=O)CNC(=O)CNC(=O)[C@H](CO)NC(=O)[C@H](CO)NC(=O)CNC(=O)[C@H](Cc1ccccc1)NC(=O)CNC(=O)[C@H](CS)NC(=O)CN)[C@@H](C)O)C(=O)N[C@@H](CCCCN)C(=O)O. The van der Waals surface area contributed by atoms with Gasteiger partial charge in [0, 0.05) is 12.2 Å². The number of hydrogen-bond acceptors (Lipinski definition) is 24. The summed E-state index contributed by atoms with van der Waals surface area (Å²) in [5, 5.41) is 100. The summed E-state index contributed by atoms with van der Waals surface area (Å²) in [7, 11) is 0. The van der Waals surface area contributed by atoms with Crippen LogP contribution in [0.4, 0.5) is 0 Å². The summed E-state index contributed by atoms with van der Waals surface area (Å²) in [6, 6.07) is -8.11. The van der Waals surface area contributed by atoms with Crippen molar-refractivity contribution in [2.45, 2.75) is 119 Å². The zero-order chi connectivity index (χ0) is 69.6. The number of hydrogen-bond donors (Lipinski definition) is 24. The van der Waals surface area contributed by atoms with E-state index >= 15 is 0 Å². The Hall–Kier alpha value is -8.70. The van der Waals surface area contributed by atoms with E-state index in [0.29, 0.717) is 24.8 Å². The van der Waals surface area contributed by atoms with E-state index in [2.05, 4.69) is 65.8 Å². The zero-order valence-corrected chi connectivity index (χ0v) is 51.6. The Morgan fingerprint density at radius 3 is 1.23 bits per heavy atom. The number of carboxylic acids is 1. The number of amides is 14. The number of aliphatic hydroxyl groups is 6. The normalized spacial score (nSPS) is 14.8. The van der Waals surface area contributed by atoms with Gasteiger partial charge in [0.1, 0.15) is 60.4 Å². The van der Waals surface area contributed by atoms with Crippen molar-refractivity contribution in [2.75, 3.05) is 78.1 Å². The van der Waals surface area contributed by atoms with Crippen LogP contribution in [0.3, 0.4) is 0 Å². The van der Waals surface area contributed by atoms with Crippen molar-refractivity contribution in [1.29, 1.82) is 0 Å². The van der Waals surface area contributed by atoms with Crippen LogP contribution in [0.25, 0.3) is 0 Å². The maximum Gasteiger partial charge on any atom is 0.326 e. The third-order valence-electron chi connectivity index (χ3n) is 13.2. The van der Waals surface area contributed by atoms with E-state index in [0.717, 1.165) is 6.92 Å². The quantitative estimate of drug-likeness (QED) is 0.0213. The fourth-order valence-corrected chi connectivity index (χ4v) is 8.02. The minimum atomic E-state index is -1.95. The number of nitrogens with one attached hydrogen (secondary N) is 14. The van der Waals surface area contributed by atoms with E-state index in [9.17, 15) is 108 Å². The Labute approximate surface area is 532 Å². The van der Waals surface area contributed by atoms with Gasteiger partial charge in [0.15, 0.2) is 0 Å². The van der Waals surface area contributed by atoms with Gasteiger partial charge in [-0.3, -0.25) is 67.1 Å². The average molecular weight is 1330 g/mol. The molecule has 39 heteroatoms. The van der Waals surface area contributed by atoms with Crippen LogP contribution in [0.1, 0.15) is 52.0 Å². The lowest BCUT2D eigenvalue weighted by atomic mass is 9.96. The first-order valence-corrected chi connectivity index (χ1v) is 29.3. The number of nitrogens with two attached hydrogens (primary N) is 2. The van der Waals surface area contributed by atoms with Crippen LogP contribution in [0, 0.1) is 5.92 Å². The molecule has 92 heavy (non-hydrogen) atoms. The minimum absolute atomic E-state index is 0.0273. The van der Waals surface area contributed by atoms with Crippen molar-refractivity contribution < 1.29 is 108 Å². The van der Waals surface area contributed by atoms with E-state index < -0.39 is 227 Å². The molecule has 0 saturated heterocycles. The summed E-state index contributed by atoms with van der Waals surface area (Å²) in [6.45, 7) is -4.81. The van der Waals surface area contributed by atoms with Crippen molar-refractivity contribution in [3.63, 3.8) is 0 Å². The molecule has 516 valence electrons. The van der Waals surface area contributed by atoms with E-state index in [1.807, 2.05) is 21.3 Å². The van der Waals surface area contributed by atoms with Crippen molar-refractivity contribution >= 4 is 101 Å². The van der Waals surface area contributed by atoms with E-state index in [4.69, 9.17) is 11.5 Å². The van der Waals surface area contributed by atoms with E-state index in [1.54, 1.807) is 44.2 Å². The second-order valence-corrected chi connectivity index (χ2v) is 20.7. The Bertz CT molecular complexity index is 2670. The topological polar surface area (TPSA) is 618 Å². The minimum Gasteiger partial charge on any atom is -0.480 e. The number of carboxylic acid groups (broad SMARTS) is 1. The van der Waals surface area contributed by atoms with Gasteiger partial charge in [0.05, 0.1) is 71.9 Å². The lowest BCUT2D eigenvalue weighted by Gasteiger charge is -2.29. The van der Waals surface area contributed by atoms with Crippen molar-refractivity contribution in [3.8, 4) is 0 Å². The summed E-state index contributed by atoms with van der Waals surface area (Å²) < 4.78 is 0. The second-order valence-electron chi connectivity index (χ2n) is 20.4. The molecule has 0 spiro atoms. The first-order chi connectivity index (χ1) is 43.6. The third kappa shape index (κ3) is 30.0. The Morgan fingerprint density at radius 2 is 0.804 bits per heavy atom. The van der Waals surface area contributed by atoms with Crippen LogP contribution in [0.2, 0.25) is 0 Å². The molecule has 38 nitrogen and oxygen atoms in total. The molecule has 12 atom stereocenters. The predicted octanol–water partition coefficient (Wildman–Crippen LogP) is -13.0. The summed E-state index contributed by atoms with van der Waals surface area (Å²) in [4.78, 5) is 192. The summed E-state index contributed by atoms with van der Waals surface area (Å²) in [5.41, 5.74) is 11.3. The third-order valence-corrected chi connectivity index (χ3v) is 13.6. The highest BCUT2D eigenvalue weighted by atomic mass is 32.1. The Kier molecular flexibility index (Phi) is 38.8. The molecule has 0 radical (unpaired) electrons. The summed E-state index contributed by atoms with van der Waals surface area (Å²) in [5.74, 6) is -17.0. The average Bonchev–Trinajstić information content (AvgIpc) is 1.79. The fraction of sp³-hybridized carbons (Fsp3) is 0.604. The van der Waals surface area contributed by atoms with Crippen LogP contribution >= 0.6 is 12.6 Å². The highest BCUT2D eigenvalue weighted by molar-refractivity contribution is 7.80. The number of rotatable bonds is 44. The largest absolute Gasteiger partial charge is 0.480 e. The molecule has 0 unspecified atom stereocenters. The van der Waals surface area contributed by atoms with Gasteiger partial charge >= 0.3 is 5.97 Å². The van der Waals surface area contributed by atoms with Gasteiger partial charge in [-0.05, 0) is 44.2 Å². The maximum atomic E-state index is 13.5. The molecule has 0 aliphatic carbocycles. The molecular weight excluding hydrogens is 1240 g/mol. The first kappa shape index (κ1) is 81.3. The van der Waals surface area contributed by atoms with Crippen molar-refractivity contribution in [2.24, 2.45) is 17.4 Å². The molecule has 0 fully saturated rings. The summed E-state index contributed by atoms with van der Waals surface area (Å²) >= 11 is 4.00. The van der Waals surface area contributed by atoms with Gasteiger partial charge in [-0.2, -0.15) is 12.6 Å². The molecule has 1 aromatic rings. The lowest BCUT2D eigenvalue weighted by molar-refractivity contribution is -0.143. The molecular formula is C53H86N16O22S. The number of unbranched alkanes of at least 4 members (excludes halogenated alkanes) is 1. The number of aliphatic carboxylic acids is 1. The lowest BCUT2D eigenvalue weighted by Crippen LogP contribution is -2.63. The van der Waals surface area contributed by atoms with Crippen LogP contribution in [0.15, 0.2) is 30.3 Å². The van der Waals surface area contributed by atoms with Crippen LogP contribution in [0.5, 0.6) is 0 Å². The summed E-state index contributed by atoms with van der Waals surface area (Å²) in [6.07, 6.45) is -0.620. The van der Waals surface area contributed by atoms with Gasteiger partial charge in [-0.1, -0.05) is 50.6 Å². The van der Waals surface area contributed by atoms with Crippen molar-refractivity contribution in [3.05, 3.63) is 35.9 Å². The van der Waals surface area contributed by atoms with Crippen molar-refractivity contribution in [1.82, 2.24) is 74.4 Å². The zero-order valence-electron chi connectivity index (χ0n) is 50.7. The van der Waals surface area contributed by atoms with E-state index in [1.165, 1.54) is 0 Å². The molecule has 0 aliphatic heterocycles. The van der Waals surface area contributed by atoms with Gasteiger partial charge in [-0.25, -0.2) is 4.79 Å². The monoisotopic (exact) mass is 1330 g/mol. The van der Waals surface area contributed by atoms with Gasteiger partial charge < -0.3 is 122 Å². The first-order valence-electron chi connectivity index (χ1n) is 28.7. The molecule has 0 bridgehead atoms. The molecule has 0 aliphatic rings. The molecule has 0 heterocycles.